The van der Waals surface area contributed by atoms with E-state index >= 15 is 0 Å². The molecule has 1 aromatic rings. The molecule has 1 aromatic carbocycles. The first-order valence-corrected chi connectivity index (χ1v) is 6.70. The van der Waals surface area contributed by atoms with Gasteiger partial charge in [0.1, 0.15) is 0 Å². The topological polar surface area (TPSA) is 58.3 Å². The van der Waals surface area contributed by atoms with Crippen molar-refractivity contribution in [2.75, 3.05) is 23.9 Å². The lowest BCUT2D eigenvalue weighted by Gasteiger charge is -2.23. The Morgan fingerprint density at radius 2 is 2.25 bits per heavy atom. The second-order valence-electron chi connectivity index (χ2n) is 3.62. The Morgan fingerprint density at radius 3 is 2.75 bits per heavy atom. The van der Waals surface area contributed by atoms with Gasteiger partial charge in [0.05, 0.1) is 18.0 Å². The highest BCUT2D eigenvalue weighted by Gasteiger charge is 2.15. The normalized spacial score (nSPS) is 14.5. The Kier molecular flexibility index (Phi) is 5.25. The third kappa shape index (κ3) is 3.47. The van der Waals surface area contributed by atoms with Gasteiger partial charge in [0.2, 0.25) is 0 Å². The van der Waals surface area contributed by atoms with Crippen molar-refractivity contribution in [3.63, 3.8) is 0 Å². The standard InChI is InChI=1S/C11H17ClN2OS/c1-7(11(6-15)16-2)14-10-4-3-8(12)5-9(10)13/h3-5,7,11,14-15H,6,13H2,1-2H3. The van der Waals surface area contributed by atoms with Crippen molar-refractivity contribution in [1.82, 2.24) is 0 Å². The Labute approximate surface area is 105 Å². The van der Waals surface area contributed by atoms with Crippen molar-refractivity contribution in [2.45, 2.75) is 18.2 Å². The zero-order valence-electron chi connectivity index (χ0n) is 9.40. The quantitative estimate of drug-likeness (QED) is 0.712. The average Bonchev–Trinajstić information content (AvgIpc) is 2.24. The van der Waals surface area contributed by atoms with Crippen LogP contribution in [0.1, 0.15) is 6.92 Å². The summed E-state index contributed by atoms with van der Waals surface area (Å²) in [4.78, 5) is 0. The van der Waals surface area contributed by atoms with Gasteiger partial charge in [-0.05, 0) is 31.4 Å². The lowest BCUT2D eigenvalue weighted by atomic mass is 10.2. The summed E-state index contributed by atoms with van der Waals surface area (Å²) in [6, 6.07) is 5.50. The third-order valence-electron chi connectivity index (χ3n) is 2.44. The number of anilines is 2. The van der Waals surface area contributed by atoms with Gasteiger partial charge >= 0.3 is 0 Å². The fourth-order valence-corrected chi connectivity index (χ4v) is 2.25. The first-order valence-electron chi connectivity index (χ1n) is 5.03. The van der Waals surface area contributed by atoms with E-state index in [2.05, 4.69) is 5.32 Å². The minimum absolute atomic E-state index is 0.142. The van der Waals surface area contributed by atoms with E-state index in [4.69, 9.17) is 17.3 Å². The molecule has 0 aliphatic heterocycles. The SMILES string of the molecule is CSC(CO)C(C)Nc1ccc(Cl)cc1N. The number of nitrogen functional groups attached to an aromatic ring is 1. The Bertz CT molecular complexity index is 345. The van der Waals surface area contributed by atoms with Crippen molar-refractivity contribution in [3.8, 4) is 0 Å². The van der Waals surface area contributed by atoms with E-state index < -0.39 is 0 Å². The molecule has 0 fully saturated rings. The van der Waals surface area contributed by atoms with Gasteiger partial charge in [-0.25, -0.2) is 0 Å². The van der Waals surface area contributed by atoms with Gasteiger partial charge in [0.25, 0.3) is 0 Å². The fraction of sp³-hybridized carbons (Fsp3) is 0.455. The lowest BCUT2D eigenvalue weighted by molar-refractivity contribution is 0.288. The van der Waals surface area contributed by atoms with Gasteiger partial charge in [-0.2, -0.15) is 11.8 Å². The number of hydrogen-bond acceptors (Lipinski definition) is 4. The molecule has 90 valence electrons. The molecular weight excluding hydrogens is 244 g/mol. The highest BCUT2D eigenvalue weighted by Crippen LogP contribution is 2.24. The molecule has 0 saturated carbocycles. The summed E-state index contributed by atoms with van der Waals surface area (Å²) in [5.41, 5.74) is 7.31. The Hall–Kier alpha value is -0.580. The van der Waals surface area contributed by atoms with Gasteiger partial charge in [-0.1, -0.05) is 11.6 Å². The van der Waals surface area contributed by atoms with E-state index in [0.29, 0.717) is 10.7 Å². The summed E-state index contributed by atoms with van der Waals surface area (Å²) in [5, 5.41) is 13.2. The van der Waals surface area contributed by atoms with E-state index in [1.807, 2.05) is 19.2 Å². The van der Waals surface area contributed by atoms with Crippen molar-refractivity contribution in [2.24, 2.45) is 0 Å². The predicted octanol–water partition coefficient (Wildman–Crippen LogP) is 2.45. The monoisotopic (exact) mass is 260 g/mol. The maximum atomic E-state index is 9.17. The molecule has 0 saturated heterocycles. The summed E-state index contributed by atoms with van der Waals surface area (Å²) < 4.78 is 0. The number of hydrogen-bond donors (Lipinski definition) is 3. The summed E-state index contributed by atoms with van der Waals surface area (Å²) >= 11 is 7.45. The van der Waals surface area contributed by atoms with Crippen LogP contribution in [0.5, 0.6) is 0 Å². The molecule has 0 heterocycles. The highest BCUT2D eigenvalue weighted by molar-refractivity contribution is 7.99. The van der Waals surface area contributed by atoms with Crippen LogP contribution in [0.2, 0.25) is 5.02 Å². The molecule has 0 spiro atoms. The second-order valence-corrected chi connectivity index (χ2v) is 5.13. The number of benzene rings is 1. The van der Waals surface area contributed by atoms with Gasteiger partial charge in [0, 0.05) is 16.3 Å². The molecule has 0 radical (unpaired) electrons. The number of aliphatic hydroxyl groups excluding tert-OH is 1. The Morgan fingerprint density at radius 1 is 1.56 bits per heavy atom. The zero-order chi connectivity index (χ0) is 12.1. The van der Waals surface area contributed by atoms with Crippen molar-refractivity contribution in [3.05, 3.63) is 23.2 Å². The minimum Gasteiger partial charge on any atom is -0.397 e. The maximum Gasteiger partial charge on any atom is 0.0577 e. The van der Waals surface area contributed by atoms with Gasteiger partial charge in [-0.15, -0.1) is 0 Å². The molecule has 0 aliphatic rings. The zero-order valence-corrected chi connectivity index (χ0v) is 11.0. The molecule has 0 bridgehead atoms. The van der Waals surface area contributed by atoms with E-state index in [9.17, 15) is 5.11 Å². The highest BCUT2D eigenvalue weighted by atomic mass is 35.5. The molecule has 16 heavy (non-hydrogen) atoms. The fourth-order valence-electron chi connectivity index (χ4n) is 1.44. The van der Waals surface area contributed by atoms with Crippen LogP contribution in [0.25, 0.3) is 0 Å². The lowest BCUT2D eigenvalue weighted by Crippen LogP contribution is -2.31. The van der Waals surface area contributed by atoms with Crippen LogP contribution in [0, 0.1) is 0 Å². The van der Waals surface area contributed by atoms with E-state index in [-0.39, 0.29) is 17.9 Å². The summed E-state index contributed by atoms with van der Waals surface area (Å²) in [5.74, 6) is 0. The van der Waals surface area contributed by atoms with Crippen LogP contribution >= 0.6 is 23.4 Å². The predicted molar refractivity (Wildman–Crippen MR) is 73.3 cm³/mol. The molecule has 0 aromatic heterocycles. The van der Waals surface area contributed by atoms with Crippen LogP contribution in [0.15, 0.2) is 18.2 Å². The molecule has 0 aliphatic carbocycles. The van der Waals surface area contributed by atoms with Crippen molar-refractivity contribution < 1.29 is 5.11 Å². The minimum atomic E-state index is 0.142. The maximum absolute atomic E-state index is 9.17. The van der Waals surface area contributed by atoms with E-state index in [1.54, 1.807) is 23.9 Å². The summed E-state index contributed by atoms with van der Waals surface area (Å²) in [7, 11) is 0. The third-order valence-corrected chi connectivity index (χ3v) is 3.84. The molecule has 5 heteroatoms. The van der Waals surface area contributed by atoms with Crippen molar-refractivity contribution >= 4 is 34.7 Å². The number of nitrogens with two attached hydrogens (primary N) is 1. The van der Waals surface area contributed by atoms with E-state index in [0.717, 1.165) is 5.69 Å². The first-order chi connectivity index (χ1) is 7.58. The molecule has 2 atom stereocenters. The largest absolute Gasteiger partial charge is 0.397 e. The van der Waals surface area contributed by atoms with Crippen LogP contribution in [0.4, 0.5) is 11.4 Å². The molecule has 0 amide bonds. The van der Waals surface area contributed by atoms with Gasteiger partial charge in [0.15, 0.2) is 0 Å². The van der Waals surface area contributed by atoms with Crippen LogP contribution in [-0.2, 0) is 0 Å². The average molecular weight is 261 g/mol. The van der Waals surface area contributed by atoms with Crippen LogP contribution in [-0.4, -0.2) is 29.3 Å². The van der Waals surface area contributed by atoms with Gasteiger partial charge < -0.3 is 16.2 Å². The number of halogens is 1. The molecule has 4 N–H and O–H groups in total. The summed E-state index contributed by atoms with van der Waals surface area (Å²) in [6.07, 6.45) is 1.98. The van der Waals surface area contributed by atoms with Crippen molar-refractivity contribution in [1.29, 1.82) is 0 Å². The molecule has 3 nitrogen and oxygen atoms in total. The van der Waals surface area contributed by atoms with Crippen LogP contribution < -0.4 is 11.1 Å². The number of thioether (sulfide) groups is 1. The second kappa shape index (κ2) is 6.23. The smallest absolute Gasteiger partial charge is 0.0577 e. The van der Waals surface area contributed by atoms with E-state index in [1.165, 1.54) is 0 Å². The Balaban J connectivity index is 2.72. The first kappa shape index (κ1) is 13.5. The number of nitrogens with one attached hydrogen (secondary N) is 1. The summed E-state index contributed by atoms with van der Waals surface area (Å²) in [6.45, 7) is 2.16. The molecule has 1 rings (SSSR count). The molecular formula is C11H17ClN2OS. The van der Waals surface area contributed by atoms with Crippen LogP contribution in [0.3, 0.4) is 0 Å². The number of rotatable bonds is 5. The number of aliphatic hydroxyl groups is 1. The van der Waals surface area contributed by atoms with Gasteiger partial charge in [-0.3, -0.25) is 0 Å². The molecule has 2 unspecified atom stereocenters.